The zero-order chi connectivity index (χ0) is 19.6. The van der Waals surface area contributed by atoms with Crippen LogP contribution in [0.15, 0.2) is 48.5 Å². The van der Waals surface area contributed by atoms with Crippen LogP contribution in [0, 0.1) is 0 Å². The molecule has 2 N–H and O–H groups in total. The van der Waals surface area contributed by atoms with Gasteiger partial charge in [-0.1, -0.05) is 0 Å². The fourth-order valence-electron chi connectivity index (χ4n) is 2.19. The fraction of sp³-hybridized carbons (Fsp3) is 0.300. The monoisotopic (exact) mass is 388 g/mol. The van der Waals surface area contributed by atoms with Crippen LogP contribution >= 0.6 is 11.8 Å². The van der Waals surface area contributed by atoms with Gasteiger partial charge in [0.25, 0.3) is 0 Å². The number of carbonyl (C=O) groups excluding carboxylic acids is 2. The number of carbonyl (C=O) groups is 2. The molecule has 0 spiro atoms. The van der Waals surface area contributed by atoms with E-state index in [-0.39, 0.29) is 22.8 Å². The SMILES string of the molecule is CCOc1ccc(NC(=O)CSC(C)C(=O)Nc2ccc(OC)cc2)cc1. The first-order valence-corrected chi connectivity index (χ1v) is 9.66. The van der Waals surface area contributed by atoms with Crippen LogP contribution in [0.5, 0.6) is 11.5 Å². The number of rotatable bonds is 9. The van der Waals surface area contributed by atoms with E-state index < -0.39 is 0 Å². The smallest absolute Gasteiger partial charge is 0.237 e. The summed E-state index contributed by atoms with van der Waals surface area (Å²) >= 11 is 1.28. The molecular formula is C20H24N2O4S. The van der Waals surface area contributed by atoms with E-state index in [2.05, 4.69) is 10.6 Å². The summed E-state index contributed by atoms with van der Waals surface area (Å²) in [5.41, 5.74) is 1.38. The summed E-state index contributed by atoms with van der Waals surface area (Å²) in [5.74, 6) is 1.35. The van der Waals surface area contributed by atoms with E-state index in [0.717, 1.165) is 11.5 Å². The Labute approximate surface area is 163 Å². The highest BCUT2D eigenvalue weighted by Crippen LogP contribution is 2.19. The molecule has 2 aromatic rings. The molecule has 27 heavy (non-hydrogen) atoms. The lowest BCUT2D eigenvalue weighted by Gasteiger charge is -2.12. The van der Waals surface area contributed by atoms with Gasteiger partial charge in [-0.05, 0) is 62.4 Å². The summed E-state index contributed by atoms with van der Waals surface area (Å²) in [7, 11) is 1.59. The Bertz CT molecular complexity index is 748. The van der Waals surface area contributed by atoms with Crippen LogP contribution in [0.3, 0.4) is 0 Å². The predicted octanol–water partition coefficient (Wildman–Crippen LogP) is 3.79. The van der Waals surface area contributed by atoms with E-state index in [1.54, 1.807) is 62.6 Å². The Kier molecular flexibility index (Phi) is 8.00. The van der Waals surface area contributed by atoms with Crippen LogP contribution < -0.4 is 20.1 Å². The average Bonchev–Trinajstić information content (AvgIpc) is 2.68. The largest absolute Gasteiger partial charge is 0.497 e. The van der Waals surface area contributed by atoms with E-state index in [1.165, 1.54) is 11.8 Å². The Balaban J connectivity index is 1.76. The number of anilines is 2. The van der Waals surface area contributed by atoms with Crippen LogP contribution in [-0.4, -0.2) is 36.5 Å². The summed E-state index contributed by atoms with van der Waals surface area (Å²) in [6.45, 7) is 4.28. The van der Waals surface area contributed by atoms with Gasteiger partial charge in [-0.3, -0.25) is 9.59 Å². The molecule has 0 radical (unpaired) electrons. The van der Waals surface area contributed by atoms with Crippen molar-refractivity contribution in [3.05, 3.63) is 48.5 Å². The number of hydrogen-bond acceptors (Lipinski definition) is 5. The molecule has 0 bridgehead atoms. The molecule has 1 unspecified atom stereocenters. The van der Waals surface area contributed by atoms with Gasteiger partial charge >= 0.3 is 0 Å². The van der Waals surface area contributed by atoms with Gasteiger partial charge in [0, 0.05) is 11.4 Å². The van der Waals surface area contributed by atoms with Gasteiger partial charge in [0.2, 0.25) is 11.8 Å². The molecular weight excluding hydrogens is 364 g/mol. The summed E-state index contributed by atoms with van der Waals surface area (Å²) < 4.78 is 10.5. The summed E-state index contributed by atoms with van der Waals surface area (Å²) in [6, 6.07) is 14.3. The minimum atomic E-state index is -0.363. The molecule has 0 fully saturated rings. The topological polar surface area (TPSA) is 76.7 Å². The molecule has 1 atom stereocenters. The van der Waals surface area contributed by atoms with Crippen molar-refractivity contribution in [1.82, 2.24) is 0 Å². The van der Waals surface area contributed by atoms with Crippen LogP contribution in [0.2, 0.25) is 0 Å². The summed E-state index contributed by atoms with van der Waals surface area (Å²) in [6.07, 6.45) is 0. The molecule has 144 valence electrons. The van der Waals surface area contributed by atoms with Crippen LogP contribution in [0.4, 0.5) is 11.4 Å². The number of methoxy groups -OCH3 is 1. The van der Waals surface area contributed by atoms with Gasteiger partial charge in [-0.15, -0.1) is 11.8 Å². The maximum Gasteiger partial charge on any atom is 0.237 e. The molecule has 2 amide bonds. The molecule has 2 rings (SSSR count). The third-order valence-corrected chi connectivity index (χ3v) is 4.78. The van der Waals surface area contributed by atoms with E-state index in [0.29, 0.717) is 18.0 Å². The first-order chi connectivity index (χ1) is 13.0. The number of hydrogen-bond donors (Lipinski definition) is 2. The maximum atomic E-state index is 12.2. The number of benzene rings is 2. The molecule has 0 aliphatic carbocycles. The lowest BCUT2D eigenvalue weighted by molar-refractivity contribution is -0.115. The van der Waals surface area contributed by atoms with Crippen molar-refractivity contribution in [2.75, 3.05) is 30.1 Å². The number of nitrogens with one attached hydrogen (secondary N) is 2. The van der Waals surface area contributed by atoms with Crippen molar-refractivity contribution in [3.8, 4) is 11.5 Å². The molecule has 7 heteroatoms. The van der Waals surface area contributed by atoms with Gasteiger partial charge in [-0.2, -0.15) is 0 Å². The van der Waals surface area contributed by atoms with Crippen molar-refractivity contribution < 1.29 is 19.1 Å². The highest BCUT2D eigenvalue weighted by molar-refractivity contribution is 8.01. The van der Waals surface area contributed by atoms with Gasteiger partial charge in [0.05, 0.1) is 24.7 Å². The van der Waals surface area contributed by atoms with E-state index >= 15 is 0 Å². The van der Waals surface area contributed by atoms with Crippen molar-refractivity contribution in [2.45, 2.75) is 19.1 Å². The lowest BCUT2D eigenvalue weighted by Crippen LogP contribution is -2.25. The first kappa shape index (κ1) is 20.6. The molecule has 2 aromatic carbocycles. The highest BCUT2D eigenvalue weighted by atomic mass is 32.2. The average molecular weight is 388 g/mol. The van der Waals surface area contributed by atoms with Gasteiger partial charge in [0.1, 0.15) is 11.5 Å². The number of ether oxygens (including phenoxy) is 2. The zero-order valence-electron chi connectivity index (χ0n) is 15.7. The standard InChI is InChI=1S/C20H24N2O4S/c1-4-26-18-11-7-15(8-12-18)21-19(23)13-27-14(2)20(24)22-16-5-9-17(25-3)10-6-16/h5-12,14H,4,13H2,1-3H3,(H,21,23)(H,22,24). The lowest BCUT2D eigenvalue weighted by atomic mass is 10.3. The minimum Gasteiger partial charge on any atom is -0.497 e. The highest BCUT2D eigenvalue weighted by Gasteiger charge is 2.15. The van der Waals surface area contributed by atoms with Crippen LogP contribution in [0.25, 0.3) is 0 Å². The first-order valence-electron chi connectivity index (χ1n) is 8.61. The minimum absolute atomic E-state index is 0.154. The van der Waals surface area contributed by atoms with E-state index in [4.69, 9.17) is 9.47 Å². The third-order valence-electron chi connectivity index (χ3n) is 3.64. The van der Waals surface area contributed by atoms with Gasteiger partial charge in [0.15, 0.2) is 0 Å². The van der Waals surface area contributed by atoms with Crippen LogP contribution in [-0.2, 0) is 9.59 Å². The molecule has 6 nitrogen and oxygen atoms in total. The Morgan fingerprint density at radius 3 is 2.07 bits per heavy atom. The molecule has 0 saturated heterocycles. The predicted molar refractivity (Wildman–Crippen MR) is 110 cm³/mol. The number of amides is 2. The van der Waals surface area contributed by atoms with E-state index in [9.17, 15) is 9.59 Å². The second kappa shape index (κ2) is 10.5. The molecule has 0 saturated carbocycles. The Morgan fingerprint density at radius 2 is 1.52 bits per heavy atom. The number of thioether (sulfide) groups is 1. The normalized spacial score (nSPS) is 11.4. The summed E-state index contributed by atoms with van der Waals surface area (Å²) in [4.78, 5) is 24.3. The van der Waals surface area contributed by atoms with Crippen molar-refractivity contribution in [1.29, 1.82) is 0 Å². The Morgan fingerprint density at radius 1 is 0.963 bits per heavy atom. The van der Waals surface area contributed by atoms with Crippen LogP contribution in [0.1, 0.15) is 13.8 Å². The van der Waals surface area contributed by atoms with Crippen molar-refractivity contribution >= 4 is 35.0 Å². The van der Waals surface area contributed by atoms with Gasteiger partial charge in [-0.25, -0.2) is 0 Å². The molecule has 0 aliphatic heterocycles. The third kappa shape index (κ3) is 6.86. The van der Waals surface area contributed by atoms with Crippen molar-refractivity contribution in [3.63, 3.8) is 0 Å². The molecule has 0 aliphatic rings. The quantitative estimate of drug-likeness (QED) is 0.683. The summed E-state index contributed by atoms with van der Waals surface area (Å²) in [5, 5.41) is 5.27. The van der Waals surface area contributed by atoms with Crippen molar-refractivity contribution in [2.24, 2.45) is 0 Å². The fourth-order valence-corrected chi connectivity index (χ4v) is 2.88. The maximum absolute atomic E-state index is 12.2. The Hall–Kier alpha value is -2.67. The molecule has 0 heterocycles. The molecule has 0 aromatic heterocycles. The second-order valence-corrected chi connectivity index (χ2v) is 7.01. The van der Waals surface area contributed by atoms with Gasteiger partial charge < -0.3 is 20.1 Å². The van der Waals surface area contributed by atoms with E-state index in [1.807, 2.05) is 6.92 Å². The zero-order valence-corrected chi connectivity index (χ0v) is 16.5. The second-order valence-electron chi connectivity index (χ2n) is 5.68.